The molecule has 5 nitrogen and oxygen atoms in total. The highest BCUT2D eigenvalue weighted by Gasteiger charge is 2.05. The molecule has 4 aromatic rings. The van der Waals surface area contributed by atoms with Crippen LogP contribution in [0.15, 0.2) is 94.2 Å². The Bertz CT molecular complexity index is 1110. The van der Waals surface area contributed by atoms with Crippen LogP contribution in [-0.2, 0) is 6.42 Å². The molecule has 1 heterocycles. The third kappa shape index (κ3) is 5.15. The van der Waals surface area contributed by atoms with Gasteiger partial charge in [-0.05, 0) is 42.7 Å². The second-order valence-corrected chi connectivity index (χ2v) is 7.89. The van der Waals surface area contributed by atoms with Crippen LogP contribution in [0.4, 0.5) is 10.8 Å². The highest BCUT2D eigenvalue weighted by molar-refractivity contribution is 7.21. The fraction of sp³-hybridized carbons (Fsp3) is 0.167. The summed E-state index contributed by atoms with van der Waals surface area (Å²) in [6.07, 6.45) is 3.51. The van der Waals surface area contributed by atoms with Gasteiger partial charge in [0.05, 0.1) is 15.9 Å². The molecule has 0 aliphatic heterocycles. The number of hydrogen-bond donors (Lipinski definition) is 1. The molecule has 0 unspecified atom stereocenters. The number of amidine groups is 1. The van der Waals surface area contributed by atoms with E-state index in [1.165, 1.54) is 29.7 Å². The smallest absolute Gasteiger partial charge is 0.231 e. The molecule has 0 aliphatic rings. The van der Waals surface area contributed by atoms with Gasteiger partial charge in [0.2, 0.25) is 11.0 Å². The van der Waals surface area contributed by atoms with Crippen LogP contribution in [0.25, 0.3) is 10.2 Å². The molecule has 0 saturated carbocycles. The Hall–Kier alpha value is -3.38. The summed E-state index contributed by atoms with van der Waals surface area (Å²) in [6.45, 7) is 2.21. The molecule has 0 atom stereocenters. The van der Waals surface area contributed by atoms with Gasteiger partial charge in [0.25, 0.3) is 0 Å². The summed E-state index contributed by atoms with van der Waals surface area (Å²) in [4.78, 5) is 4.51. The summed E-state index contributed by atoms with van der Waals surface area (Å²) in [5.41, 5.74) is 7.17. The number of nitrogens with one attached hydrogen (secondary N) is 1. The molecule has 1 aromatic heterocycles. The third-order valence-corrected chi connectivity index (χ3v) is 5.53. The lowest BCUT2D eigenvalue weighted by Gasteiger charge is -2.05. The van der Waals surface area contributed by atoms with Gasteiger partial charge >= 0.3 is 0 Å². The van der Waals surface area contributed by atoms with Crippen LogP contribution in [0.5, 0.6) is 0 Å². The minimum Gasteiger partial charge on any atom is -0.276 e. The van der Waals surface area contributed by atoms with E-state index in [0.29, 0.717) is 11.0 Å². The van der Waals surface area contributed by atoms with E-state index in [0.717, 1.165) is 27.9 Å². The fourth-order valence-electron chi connectivity index (χ4n) is 2.97. The van der Waals surface area contributed by atoms with Crippen molar-refractivity contribution in [1.29, 1.82) is 0 Å². The number of aryl methyl sites for hydroxylation is 1. The molecule has 0 spiro atoms. The van der Waals surface area contributed by atoms with Crippen LogP contribution in [0.3, 0.4) is 0 Å². The normalized spacial score (nSPS) is 12.0. The molecule has 0 radical (unpaired) electrons. The maximum Gasteiger partial charge on any atom is 0.231 e. The van der Waals surface area contributed by atoms with Crippen LogP contribution < -0.4 is 5.43 Å². The minimum absolute atomic E-state index is 0.505. The summed E-state index contributed by atoms with van der Waals surface area (Å²) in [7, 11) is 0. The van der Waals surface area contributed by atoms with Gasteiger partial charge in [0, 0.05) is 5.56 Å². The number of aromatic nitrogens is 1. The number of benzene rings is 3. The second-order valence-electron chi connectivity index (χ2n) is 6.88. The molecule has 30 heavy (non-hydrogen) atoms. The van der Waals surface area contributed by atoms with Crippen molar-refractivity contribution in [3.8, 4) is 0 Å². The largest absolute Gasteiger partial charge is 0.276 e. The number of fused-ring (bicyclic) bond motifs is 1. The number of nitrogens with zero attached hydrogens (tertiary/aromatic N) is 4. The summed E-state index contributed by atoms with van der Waals surface area (Å²) in [5.74, 6) is 0.505. The summed E-state index contributed by atoms with van der Waals surface area (Å²) >= 11 is 1.51. The van der Waals surface area contributed by atoms with Crippen molar-refractivity contribution in [2.45, 2.75) is 26.2 Å². The maximum absolute atomic E-state index is 4.51. The quantitative estimate of drug-likeness (QED) is 0.151. The molecular formula is C24H23N5S. The number of hydrogen-bond acceptors (Lipinski definition) is 5. The average Bonchev–Trinajstić information content (AvgIpc) is 3.22. The standard InChI is InChI=1S/C24H23N5S/c1-2-3-9-18-14-16-20(17-15-18)26-27-23(19-10-5-4-6-11-19)28-29-24-25-21-12-7-8-13-22(21)30-24/h4-8,10-17,26H,2-3,9H2,1H3. The Morgan fingerprint density at radius 1 is 0.933 bits per heavy atom. The predicted molar refractivity (Wildman–Crippen MR) is 126 cm³/mol. The lowest BCUT2D eigenvalue weighted by molar-refractivity contribution is 0.795. The Morgan fingerprint density at radius 3 is 2.47 bits per heavy atom. The third-order valence-electron chi connectivity index (χ3n) is 4.61. The molecule has 0 bridgehead atoms. The number of hydrazone groups is 1. The number of anilines is 1. The predicted octanol–water partition coefficient (Wildman–Crippen LogP) is 7.20. The molecule has 3 aromatic carbocycles. The van der Waals surface area contributed by atoms with Crippen molar-refractivity contribution in [1.82, 2.24) is 4.98 Å². The van der Waals surface area contributed by atoms with Gasteiger partial charge < -0.3 is 0 Å². The Morgan fingerprint density at radius 2 is 1.70 bits per heavy atom. The Kier molecular flexibility index (Phi) is 6.57. The van der Waals surface area contributed by atoms with Crippen molar-refractivity contribution in [2.75, 3.05) is 5.43 Å². The first-order chi connectivity index (χ1) is 14.8. The van der Waals surface area contributed by atoms with Gasteiger partial charge in [0.15, 0.2) is 0 Å². The topological polar surface area (TPSA) is 62.0 Å². The van der Waals surface area contributed by atoms with Gasteiger partial charge in [-0.15, -0.1) is 10.2 Å². The Labute approximate surface area is 180 Å². The van der Waals surface area contributed by atoms with Crippen molar-refractivity contribution in [3.63, 3.8) is 0 Å². The van der Waals surface area contributed by atoms with Gasteiger partial charge in [0.1, 0.15) is 0 Å². The first-order valence-electron chi connectivity index (χ1n) is 10.1. The number of unbranched alkanes of at least 4 members (excludes halogenated alkanes) is 1. The zero-order chi connectivity index (χ0) is 20.6. The van der Waals surface area contributed by atoms with Crippen LogP contribution in [0.1, 0.15) is 30.9 Å². The first-order valence-corrected chi connectivity index (χ1v) is 10.9. The van der Waals surface area contributed by atoms with Gasteiger partial charge in [-0.3, -0.25) is 5.43 Å². The lowest BCUT2D eigenvalue weighted by atomic mass is 10.1. The van der Waals surface area contributed by atoms with Crippen LogP contribution in [-0.4, -0.2) is 10.8 Å². The number of azo groups is 1. The lowest BCUT2D eigenvalue weighted by Crippen LogP contribution is -2.01. The number of para-hydroxylation sites is 1. The summed E-state index contributed by atoms with van der Waals surface area (Å²) in [5, 5.41) is 13.9. The molecular weight excluding hydrogens is 390 g/mol. The summed E-state index contributed by atoms with van der Waals surface area (Å²) in [6, 6.07) is 26.1. The zero-order valence-electron chi connectivity index (χ0n) is 16.8. The molecule has 4 rings (SSSR count). The van der Waals surface area contributed by atoms with Gasteiger partial charge in [-0.1, -0.05) is 79.3 Å². The van der Waals surface area contributed by atoms with E-state index in [4.69, 9.17) is 0 Å². The van der Waals surface area contributed by atoms with Crippen molar-refractivity contribution >= 4 is 38.2 Å². The molecule has 0 fully saturated rings. The van der Waals surface area contributed by atoms with Crippen LogP contribution >= 0.6 is 11.3 Å². The van der Waals surface area contributed by atoms with Crippen molar-refractivity contribution in [3.05, 3.63) is 90.0 Å². The maximum atomic E-state index is 4.51. The molecule has 0 saturated heterocycles. The van der Waals surface area contributed by atoms with Crippen molar-refractivity contribution in [2.24, 2.45) is 15.3 Å². The fourth-order valence-corrected chi connectivity index (χ4v) is 3.76. The number of rotatable bonds is 7. The summed E-state index contributed by atoms with van der Waals surface area (Å²) < 4.78 is 1.09. The Balaban J connectivity index is 1.55. The molecule has 150 valence electrons. The SMILES string of the molecule is CCCCc1ccc(NN=C(N=Nc2nc3ccccc3s2)c2ccccc2)cc1. The van der Waals surface area contributed by atoms with E-state index in [-0.39, 0.29) is 0 Å². The first kappa shape index (κ1) is 19.9. The number of thiazole rings is 1. The van der Waals surface area contributed by atoms with Gasteiger partial charge in [-0.2, -0.15) is 5.10 Å². The highest BCUT2D eigenvalue weighted by Crippen LogP contribution is 2.28. The highest BCUT2D eigenvalue weighted by atomic mass is 32.1. The molecule has 0 aliphatic carbocycles. The van der Waals surface area contributed by atoms with E-state index in [2.05, 4.69) is 44.8 Å². The monoisotopic (exact) mass is 413 g/mol. The van der Waals surface area contributed by atoms with E-state index in [1.807, 2.05) is 66.7 Å². The average molecular weight is 414 g/mol. The zero-order valence-corrected chi connectivity index (χ0v) is 17.6. The molecule has 6 heteroatoms. The van der Waals surface area contributed by atoms with E-state index < -0.39 is 0 Å². The minimum atomic E-state index is 0.505. The van der Waals surface area contributed by atoms with E-state index >= 15 is 0 Å². The van der Waals surface area contributed by atoms with Crippen LogP contribution in [0.2, 0.25) is 0 Å². The molecule has 1 N–H and O–H groups in total. The van der Waals surface area contributed by atoms with Crippen LogP contribution in [0, 0.1) is 0 Å². The van der Waals surface area contributed by atoms with Gasteiger partial charge in [-0.25, -0.2) is 4.98 Å². The molecule has 0 amide bonds. The van der Waals surface area contributed by atoms with Crippen molar-refractivity contribution < 1.29 is 0 Å². The van der Waals surface area contributed by atoms with E-state index in [1.54, 1.807) is 0 Å². The van der Waals surface area contributed by atoms with E-state index in [9.17, 15) is 0 Å². The second kappa shape index (κ2) is 9.89.